The number of fused-ring (bicyclic) bond motifs is 6. The predicted octanol–water partition coefficient (Wildman–Crippen LogP) is 6.28. The van der Waals surface area contributed by atoms with E-state index in [1.54, 1.807) is 31.2 Å². The van der Waals surface area contributed by atoms with Crippen LogP contribution in [-0.4, -0.2) is 118 Å². The number of carbonyl (C=O) groups is 5. The maximum absolute atomic E-state index is 14.7. The fraction of sp³-hybridized carbons (Fsp3) is 0.500. The van der Waals surface area contributed by atoms with Crippen LogP contribution in [0.4, 0.5) is 0 Å². The second-order valence-corrected chi connectivity index (χ2v) is 19.7. The number of pyridine rings is 1. The molecular formula is C52H67N7O8. The van der Waals surface area contributed by atoms with Crippen molar-refractivity contribution < 1.29 is 38.6 Å². The lowest BCUT2D eigenvalue weighted by Gasteiger charge is -2.37. The van der Waals surface area contributed by atoms with Gasteiger partial charge in [0, 0.05) is 74.8 Å². The topological polar surface area (TPSA) is 176 Å². The van der Waals surface area contributed by atoms with E-state index < -0.39 is 47.2 Å². The lowest BCUT2D eigenvalue weighted by atomic mass is 9.84. The van der Waals surface area contributed by atoms with Crippen LogP contribution in [0.5, 0.6) is 5.75 Å². The molecular weight excluding hydrogens is 851 g/mol. The van der Waals surface area contributed by atoms with E-state index in [1.165, 1.54) is 16.0 Å². The lowest BCUT2D eigenvalue weighted by Crippen LogP contribution is -2.62. The van der Waals surface area contributed by atoms with Gasteiger partial charge in [-0.15, -0.1) is 0 Å². The van der Waals surface area contributed by atoms with E-state index in [1.807, 2.05) is 46.0 Å². The molecule has 15 heteroatoms. The number of phenols is 1. The van der Waals surface area contributed by atoms with Gasteiger partial charge in [-0.1, -0.05) is 46.4 Å². The molecule has 3 aliphatic heterocycles. The van der Waals surface area contributed by atoms with Gasteiger partial charge in [0.1, 0.15) is 23.9 Å². The molecule has 5 atom stereocenters. The fourth-order valence-corrected chi connectivity index (χ4v) is 10.1. The maximum Gasteiger partial charge on any atom is 0.324 e. The van der Waals surface area contributed by atoms with Crippen LogP contribution in [0.25, 0.3) is 33.3 Å². The number of aryl methyl sites for hydroxylation is 2. The van der Waals surface area contributed by atoms with Gasteiger partial charge in [-0.2, -0.15) is 0 Å². The van der Waals surface area contributed by atoms with Crippen molar-refractivity contribution in [2.24, 2.45) is 17.3 Å². The first-order chi connectivity index (χ1) is 31.8. The number of hydrogen-bond acceptors (Lipinski definition) is 10. The van der Waals surface area contributed by atoms with Crippen molar-refractivity contribution >= 4 is 40.5 Å². The molecule has 0 aliphatic carbocycles. The average molecular weight is 918 g/mol. The highest BCUT2D eigenvalue weighted by Crippen LogP contribution is 2.42. The third kappa shape index (κ3) is 10.3. The highest BCUT2D eigenvalue weighted by molar-refractivity contribution is 5.96. The van der Waals surface area contributed by atoms with Gasteiger partial charge in [0.15, 0.2) is 0 Å². The van der Waals surface area contributed by atoms with Crippen LogP contribution < -0.4 is 10.7 Å². The van der Waals surface area contributed by atoms with E-state index in [9.17, 15) is 29.1 Å². The van der Waals surface area contributed by atoms with Gasteiger partial charge in [-0.3, -0.25) is 34.0 Å². The van der Waals surface area contributed by atoms with Crippen molar-refractivity contribution in [3.63, 3.8) is 0 Å². The normalized spacial score (nSPS) is 20.8. The van der Waals surface area contributed by atoms with E-state index in [4.69, 9.17) is 14.5 Å². The molecule has 3 N–H and O–H groups in total. The summed E-state index contributed by atoms with van der Waals surface area (Å²) in [5.74, 6) is -2.87. The predicted molar refractivity (Wildman–Crippen MR) is 256 cm³/mol. The minimum absolute atomic E-state index is 0.0120. The number of rotatable bonds is 10. The molecule has 6 bridgehead atoms. The van der Waals surface area contributed by atoms with Crippen LogP contribution in [0.15, 0.2) is 61.3 Å². The van der Waals surface area contributed by atoms with Gasteiger partial charge in [0.05, 0.1) is 30.0 Å². The summed E-state index contributed by atoms with van der Waals surface area (Å²) >= 11 is 0. The number of aromatic nitrogens is 2. The van der Waals surface area contributed by atoms with Gasteiger partial charge >= 0.3 is 5.97 Å². The van der Waals surface area contributed by atoms with Gasteiger partial charge in [-0.25, -0.2) is 5.43 Å². The van der Waals surface area contributed by atoms with Crippen LogP contribution >= 0.6 is 0 Å². The number of esters is 1. The Hall–Kier alpha value is -6.06. The average Bonchev–Trinajstić information content (AvgIpc) is 3.92. The summed E-state index contributed by atoms with van der Waals surface area (Å²) in [6.07, 6.45) is 4.72. The Balaban J connectivity index is 1.32. The lowest BCUT2D eigenvalue weighted by molar-refractivity contribution is -0.155. The Morgan fingerprint density at radius 3 is 2.55 bits per heavy atom. The zero-order chi connectivity index (χ0) is 48.5. The number of carbonyl (C=O) groups excluding carboxylic acids is 5. The molecule has 2 saturated heterocycles. The molecule has 4 amide bonds. The van der Waals surface area contributed by atoms with E-state index in [-0.39, 0.29) is 55.7 Å². The van der Waals surface area contributed by atoms with Crippen molar-refractivity contribution in [2.45, 2.75) is 111 Å². The number of amides is 4. The molecule has 2 fully saturated rings. The monoisotopic (exact) mass is 918 g/mol. The molecule has 2 aromatic heterocycles. The van der Waals surface area contributed by atoms with E-state index >= 15 is 0 Å². The Morgan fingerprint density at radius 2 is 1.85 bits per heavy atom. The second kappa shape index (κ2) is 20.0. The molecule has 0 saturated carbocycles. The summed E-state index contributed by atoms with van der Waals surface area (Å²) < 4.78 is 14.3. The minimum Gasteiger partial charge on any atom is -0.508 e. The Kier molecular flexibility index (Phi) is 14.6. The number of nitrogens with one attached hydrogen (secondary N) is 2. The van der Waals surface area contributed by atoms with E-state index in [0.717, 1.165) is 44.5 Å². The van der Waals surface area contributed by atoms with E-state index in [2.05, 4.69) is 60.9 Å². The van der Waals surface area contributed by atoms with E-state index in [0.29, 0.717) is 49.9 Å². The zero-order valence-corrected chi connectivity index (χ0v) is 40.5. The summed E-state index contributed by atoms with van der Waals surface area (Å²) in [5, 5.41) is 16.7. The Labute approximate surface area is 393 Å². The molecule has 5 heterocycles. The van der Waals surface area contributed by atoms with Crippen molar-refractivity contribution in [2.75, 3.05) is 40.4 Å². The van der Waals surface area contributed by atoms with Crippen molar-refractivity contribution in [3.05, 3.63) is 83.7 Å². The highest BCUT2D eigenvalue weighted by Gasteiger charge is 2.40. The van der Waals surface area contributed by atoms with Crippen LogP contribution in [0.2, 0.25) is 0 Å². The van der Waals surface area contributed by atoms with Crippen LogP contribution in [0, 0.1) is 24.2 Å². The number of phenolic OH excluding ortho intramolecular Hbond substituents is 1. The molecule has 358 valence electrons. The number of likely N-dealkylation sites (N-methyl/N-ethyl adjacent to an activating group) is 1. The van der Waals surface area contributed by atoms with Crippen LogP contribution in [-0.2, 0) is 52.8 Å². The SMILES string of the molecule is C=CC(=O)N1CC[C@H](C(=O)N(C)C(C(=O)N[C@H]2Cc3cc(O)cc(c3)-c3ccc4c(c3)c(c(-c3cc(C)cnc3[C@H](C)OC)n4CC)CC(C)(C)COC(=O)[C@@H]3CCCN(N3)C2=O)C(C)C)C1. The summed E-state index contributed by atoms with van der Waals surface area (Å²) in [7, 11) is 3.26. The number of aromatic hydroxyl groups is 1. The minimum atomic E-state index is -1.17. The summed E-state index contributed by atoms with van der Waals surface area (Å²) in [6.45, 7) is 19.2. The first-order valence-electron chi connectivity index (χ1n) is 23.5. The number of likely N-dealkylation sites (tertiary alicyclic amines) is 1. The third-order valence-corrected chi connectivity index (χ3v) is 13.6. The van der Waals surface area contributed by atoms with Gasteiger partial charge in [0.2, 0.25) is 17.7 Å². The molecule has 0 radical (unpaired) electrons. The maximum atomic E-state index is 14.7. The number of benzene rings is 2. The van der Waals surface area contributed by atoms with Gasteiger partial charge in [-0.05, 0) is 117 Å². The summed E-state index contributed by atoms with van der Waals surface area (Å²) in [5.41, 5.74) is 10.6. The van der Waals surface area contributed by atoms with Crippen molar-refractivity contribution in [3.8, 4) is 28.1 Å². The fourth-order valence-electron chi connectivity index (χ4n) is 10.1. The molecule has 2 aromatic carbocycles. The third-order valence-electron chi connectivity index (χ3n) is 13.6. The largest absolute Gasteiger partial charge is 0.508 e. The second-order valence-electron chi connectivity index (χ2n) is 19.7. The molecule has 7 rings (SSSR count). The first kappa shape index (κ1) is 48.9. The number of ether oxygens (including phenoxy) is 2. The zero-order valence-electron chi connectivity index (χ0n) is 40.5. The number of cyclic esters (lactones) is 1. The first-order valence-corrected chi connectivity index (χ1v) is 23.5. The van der Waals surface area contributed by atoms with Crippen molar-refractivity contribution in [1.29, 1.82) is 0 Å². The molecule has 4 aromatic rings. The Bertz CT molecular complexity index is 2570. The molecule has 15 nitrogen and oxygen atoms in total. The standard InChI is InChI=1S/C52H67N7O8/c1-11-44(61)57-19-17-35(28-57)49(63)56(9)46(30(3)4)48(62)54-42-23-33-21-36(24-37(60)22-33)34-15-16-43-38(25-34)40(47(58(43)12-2)39-20-31(5)27-53-45(39)32(6)66-10)26-52(7,8)29-67-51(65)41-14-13-18-59(55-41)50(42)64/h11,15-16,20-22,24-25,27,30,32,35,41-42,46,55,60H,1,12-14,17-19,23,26,28-29H2,2-10H3,(H,54,62)/t32-,35-,41-,42-,46?/m0/s1. The molecule has 0 spiro atoms. The van der Waals surface area contributed by atoms with Gasteiger partial charge in [0.25, 0.3) is 5.91 Å². The van der Waals surface area contributed by atoms with Gasteiger partial charge < -0.3 is 34.3 Å². The number of hydrogen-bond donors (Lipinski definition) is 3. The Morgan fingerprint density at radius 1 is 1.09 bits per heavy atom. The molecule has 67 heavy (non-hydrogen) atoms. The van der Waals surface area contributed by atoms with Crippen molar-refractivity contribution in [1.82, 2.24) is 35.1 Å². The quantitative estimate of drug-likeness (QED) is 0.121. The van der Waals surface area contributed by atoms with Crippen LogP contribution in [0.3, 0.4) is 0 Å². The molecule has 3 aliphatic rings. The van der Waals surface area contributed by atoms with Crippen LogP contribution in [0.1, 0.15) is 89.3 Å². The number of hydrazine groups is 1. The summed E-state index contributed by atoms with van der Waals surface area (Å²) in [4.78, 5) is 77.4. The highest BCUT2D eigenvalue weighted by atomic mass is 16.5. The number of methoxy groups -OCH3 is 1. The molecule has 1 unspecified atom stereocenters. The summed E-state index contributed by atoms with van der Waals surface area (Å²) in [6, 6.07) is 10.7. The number of nitrogens with zero attached hydrogens (tertiary/aromatic N) is 5. The smallest absolute Gasteiger partial charge is 0.324 e.